The van der Waals surface area contributed by atoms with Crippen molar-refractivity contribution in [1.82, 2.24) is 10.2 Å². The molecule has 2 heterocycles. The molecule has 0 amide bonds. The van der Waals surface area contributed by atoms with Gasteiger partial charge in [-0.2, -0.15) is 0 Å². The second-order valence-corrected chi connectivity index (χ2v) is 7.30. The molecule has 2 aromatic carbocycles. The lowest BCUT2D eigenvalue weighted by atomic mass is 10.2. The summed E-state index contributed by atoms with van der Waals surface area (Å²) in [6.07, 6.45) is 1.77. The van der Waals surface area contributed by atoms with Crippen LogP contribution in [0.1, 0.15) is 10.8 Å². The molecule has 0 unspecified atom stereocenters. The van der Waals surface area contributed by atoms with Gasteiger partial charge in [0, 0.05) is 27.5 Å². The average molecular weight is 410 g/mol. The number of thiophene rings is 1. The van der Waals surface area contributed by atoms with Crippen LogP contribution in [0.25, 0.3) is 33.0 Å². The molecule has 8 heteroatoms. The van der Waals surface area contributed by atoms with Crippen molar-refractivity contribution in [2.45, 2.75) is 0 Å². The first-order chi connectivity index (χ1) is 13.6. The van der Waals surface area contributed by atoms with Crippen LogP contribution in [0.2, 0.25) is 0 Å². The van der Waals surface area contributed by atoms with E-state index in [1.54, 1.807) is 29.5 Å². The summed E-state index contributed by atoms with van der Waals surface area (Å²) in [4.78, 5) is 12.4. The van der Waals surface area contributed by atoms with Crippen LogP contribution in [0.4, 0.5) is 5.69 Å². The largest absolute Gasteiger partial charge is 0.415 e. The number of nitro groups is 1. The fourth-order valence-corrected chi connectivity index (χ4v) is 3.75. The van der Waals surface area contributed by atoms with Gasteiger partial charge < -0.3 is 4.42 Å². The third-order valence-corrected chi connectivity index (χ3v) is 5.26. The van der Waals surface area contributed by atoms with Crippen molar-refractivity contribution >= 4 is 39.7 Å². The Morgan fingerprint density at radius 1 is 1.00 bits per heavy atom. The minimum Gasteiger partial charge on any atom is -0.415 e. The van der Waals surface area contributed by atoms with E-state index in [4.69, 9.17) is 16.0 Å². The highest BCUT2D eigenvalue weighted by atomic mass is 35.5. The normalized spacial score (nSPS) is 11.5. The average Bonchev–Trinajstić information content (AvgIpc) is 3.39. The maximum absolute atomic E-state index is 10.7. The second kappa shape index (κ2) is 7.75. The predicted molar refractivity (Wildman–Crippen MR) is 110 cm³/mol. The Morgan fingerprint density at radius 2 is 1.75 bits per heavy atom. The van der Waals surface area contributed by atoms with E-state index in [9.17, 15) is 10.1 Å². The minimum absolute atomic E-state index is 0.00617. The fourth-order valence-electron chi connectivity index (χ4n) is 2.54. The van der Waals surface area contributed by atoms with Crippen LogP contribution in [-0.4, -0.2) is 15.1 Å². The first kappa shape index (κ1) is 18.1. The number of hydrogen-bond acceptors (Lipinski definition) is 6. The number of nitrogens with zero attached hydrogens (tertiary/aromatic N) is 3. The standard InChI is InChI=1S/C20H12ClN3O3S/c21-17(12-16-10-11-18(28-16)13-4-2-1-3-5-13)20-23-22-19(27-20)14-6-8-15(9-7-14)24(25)26/h1-12H/b17-12-. The Kier molecular flexibility index (Phi) is 5.01. The van der Waals surface area contributed by atoms with Gasteiger partial charge in [0.25, 0.3) is 11.6 Å². The van der Waals surface area contributed by atoms with E-state index >= 15 is 0 Å². The van der Waals surface area contributed by atoms with Crippen LogP contribution >= 0.6 is 22.9 Å². The molecule has 0 aliphatic rings. The summed E-state index contributed by atoms with van der Waals surface area (Å²) in [5.74, 6) is 0.428. The van der Waals surface area contributed by atoms with Crippen LogP contribution in [0.15, 0.2) is 71.1 Å². The quantitative estimate of drug-likeness (QED) is 0.293. The van der Waals surface area contributed by atoms with E-state index in [-0.39, 0.29) is 17.5 Å². The molecule has 4 aromatic rings. The Labute approximate surface area is 168 Å². The highest BCUT2D eigenvalue weighted by Crippen LogP contribution is 2.32. The summed E-state index contributed by atoms with van der Waals surface area (Å²) in [6.45, 7) is 0. The van der Waals surface area contributed by atoms with Gasteiger partial charge in [0.15, 0.2) is 0 Å². The van der Waals surface area contributed by atoms with Gasteiger partial charge in [0.1, 0.15) is 5.03 Å². The Hall–Kier alpha value is -3.29. The van der Waals surface area contributed by atoms with E-state index in [1.807, 2.05) is 30.3 Å². The van der Waals surface area contributed by atoms with Gasteiger partial charge in [-0.1, -0.05) is 41.9 Å². The second-order valence-electron chi connectivity index (χ2n) is 5.78. The lowest BCUT2D eigenvalue weighted by Gasteiger charge is -1.95. The van der Waals surface area contributed by atoms with Crippen LogP contribution in [0.3, 0.4) is 0 Å². The molecule has 0 atom stereocenters. The van der Waals surface area contributed by atoms with E-state index in [2.05, 4.69) is 22.3 Å². The molecular formula is C20H12ClN3O3S. The van der Waals surface area contributed by atoms with Gasteiger partial charge in [-0.3, -0.25) is 10.1 Å². The lowest BCUT2D eigenvalue weighted by Crippen LogP contribution is -1.87. The summed E-state index contributed by atoms with van der Waals surface area (Å²) in [5.41, 5.74) is 1.71. The van der Waals surface area contributed by atoms with Crippen molar-refractivity contribution in [2.75, 3.05) is 0 Å². The highest BCUT2D eigenvalue weighted by Gasteiger charge is 2.13. The van der Waals surface area contributed by atoms with Gasteiger partial charge in [-0.25, -0.2) is 0 Å². The maximum Gasteiger partial charge on any atom is 0.269 e. The Bertz CT molecular complexity index is 1150. The number of non-ortho nitro benzene ring substituents is 1. The summed E-state index contributed by atoms with van der Waals surface area (Å²) in [7, 11) is 0. The van der Waals surface area contributed by atoms with Gasteiger partial charge in [0.05, 0.1) is 4.92 Å². The molecule has 0 fully saturated rings. The SMILES string of the molecule is O=[N+]([O-])c1ccc(-c2nnc(/C(Cl)=C/c3ccc(-c4ccccc4)s3)o2)cc1. The summed E-state index contributed by atoms with van der Waals surface area (Å²) >= 11 is 7.95. The van der Waals surface area contributed by atoms with Crippen LogP contribution < -0.4 is 0 Å². The van der Waals surface area contributed by atoms with Crippen LogP contribution in [-0.2, 0) is 0 Å². The minimum atomic E-state index is -0.465. The number of rotatable bonds is 5. The van der Waals surface area contributed by atoms with Gasteiger partial charge in [-0.15, -0.1) is 21.5 Å². The van der Waals surface area contributed by atoms with Crippen LogP contribution in [0.5, 0.6) is 0 Å². The number of benzene rings is 2. The first-order valence-electron chi connectivity index (χ1n) is 8.21. The third-order valence-electron chi connectivity index (χ3n) is 3.91. The molecule has 0 saturated carbocycles. The highest BCUT2D eigenvalue weighted by molar-refractivity contribution is 7.16. The van der Waals surface area contributed by atoms with Crippen molar-refractivity contribution in [3.05, 3.63) is 87.6 Å². The molecule has 0 saturated heterocycles. The third kappa shape index (κ3) is 3.85. The molecule has 0 aliphatic heterocycles. The molecule has 0 bridgehead atoms. The summed E-state index contributed by atoms with van der Waals surface area (Å²) < 4.78 is 5.61. The monoisotopic (exact) mass is 409 g/mol. The molecular weight excluding hydrogens is 398 g/mol. The molecule has 138 valence electrons. The molecule has 2 aromatic heterocycles. The zero-order valence-electron chi connectivity index (χ0n) is 14.3. The number of halogens is 1. The molecule has 0 aliphatic carbocycles. The predicted octanol–water partition coefficient (Wildman–Crippen LogP) is 6.11. The molecule has 4 rings (SSSR count). The lowest BCUT2D eigenvalue weighted by molar-refractivity contribution is -0.384. The summed E-state index contributed by atoms with van der Waals surface area (Å²) in [5, 5.41) is 19.0. The van der Waals surface area contributed by atoms with Crippen LogP contribution in [0, 0.1) is 10.1 Å². The molecule has 0 radical (unpaired) electrons. The molecule has 6 nitrogen and oxygen atoms in total. The van der Waals surface area contributed by atoms with Gasteiger partial charge in [0.2, 0.25) is 5.89 Å². The van der Waals surface area contributed by atoms with Crippen molar-refractivity contribution in [1.29, 1.82) is 0 Å². The number of nitro benzene ring substituents is 1. The number of hydrogen-bond donors (Lipinski definition) is 0. The summed E-state index contributed by atoms with van der Waals surface area (Å²) in [6, 6.07) is 20.0. The Morgan fingerprint density at radius 3 is 2.46 bits per heavy atom. The van der Waals surface area contributed by atoms with Crippen molar-refractivity contribution in [3.8, 4) is 21.9 Å². The molecule has 0 spiro atoms. The van der Waals surface area contributed by atoms with E-state index in [0.29, 0.717) is 10.6 Å². The fraction of sp³-hybridized carbons (Fsp3) is 0. The Balaban J connectivity index is 1.55. The van der Waals surface area contributed by atoms with Crippen molar-refractivity contribution in [2.24, 2.45) is 0 Å². The first-order valence-corrected chi connectivity index (χ1v) is 9.41. The van der Waals surface area contributed by atoms with E-state index in [0.717, 1.165) is 15.3 Å². The van der Waals surface area contributed by atoms with Gasteiger partial charge >= 0.3 is 0 Å². The topological polar surface area (TPSA) is 82.1 Å². The van der Waals surface area contributed by atoms with Crippen molar-refractivity contribution < 1.29 is 9.34 Å². The van der Waals surface area contributed by atoms with E-state index in [1.165, 1.54) is 12.1 Å². The number of aromatic nitrogens is 2. The molecule has 28 heavy (non-hydrogen) atoms. The zero-order valence-corrected chi connectivity index (χ0v) is 15.9. The zero-order chi connectivity index (χ0) is 19.5. The van der Waals surface area contributed by atoms with Crippen molar-refractivity contribution in [3.63, 3.8) is 0 Å². The van der Waals surface area contributed by atoms with E-state index < -0.39 is 4.92 Å². The molecule has 0 N–H and O–H groups in total. The smallest absolute Gasteiger partial charge is 0.269 e. The maximum atomic E-state index is 10.7. The van der Waals surface area contributed by atoms with Gasteiger partial charge in [-0.05, 0) is 35.9 Å².